The van der Waals surface area contributed by atoms with Crippen LogP contribution < -0.4 is 15.1 Å². The summed E-state index contributed by atoms with van der Waals surface area (Å²) < 4.78 is 33.5. The number of ether oxygens (including phenoxy) is 3. The number of hydrogen-bond donors (Lipinski definition) is 0. The van der Waals surface area contributed by atoms with E-state index in [1.807, 2.05) is 24.3 Å². The summed E-state index contributed by atoms with van der Waals surface area (Å²) in [5, 5.41) is 2.48. The van der Waals surface area contributed by atoms with Crippen molar-refractivity contribution >= 4 is 33.0 Å². The van der Waals surface area contributed by atoms with Crippen molar-refractivity contribution in [3.8, 4) is 5.75 Å². The van der Waals surface area contributed by atoms with E-state index >= 15 is 0 Å². The van der Waals surface area contributed by atoms with Gasteiger partial charge in [-0.05, 0) is 113 Å². The minimum absolute atomic E-state index is 0.0190. The molecular formula is C49H72O6Si2. The molecule has 6 atom stereocenters. The maximum Gasteiger partial charge on any atom is 0.315 e. The van der Waals surface area contributed by atoms with Gasteiger partial charge in [-0.3, -0.25) is 4.79 Å². The highest BCUT2D eigenvalue weighted by atomic mass is 28.4. The Bertz CT molecular complexity index is 1750. The smallest absolute Gasteiger partial charge is 0.315 e. The number of carbonyl (C=O) groups is 1. The molecule has 8 heteroatoms. The van der Waals surface area contributed by atoms with Gasteiger partial charge in [0.25, 0.3) is 8.32 Å². The Balaban J connectivity index is 1.54. The van der Waals surface area contributed by atoms with Gasteiger partial charge in [0, 0.05) is 6.61 Å². The van der Waals surface area contributed by atoms with Gasteiger partial charge in [-0.1, -0.05) is 135 Å². The lowest BCUT2D eigenvalue weighted by Gasteiger charge is -2.47. The van der Waals surface area contributed by atoms with Gasteiger partial charge in [-0.2, -0.15) is 0 Å². The Morgan fingerprint density at radius 2 is 1.42 bits per heavy atom. The van der Waals surface area contributed by atoms with E-state index in [-0.39, 0.29) is 34.0 Å². The van der Waals surface area contributed by atoms with Crippen molar-refractivity contribution in [2.75, 3.05) is 20.3 Å². The minimum atomic E-state index is -2.73. The molecule has 5 rings (SSSR count). The molecule has 312 valence electrons. The van der Waals surface area contributed by atoms with Gasteiger partial charge in [0.1, 0.15) is 5.75 Å². The summed E-state index contributed by atoms with van der Waals surface area (Å²) in [6.07, 6.45) is 2.43. The first-order valence-corrected chi connectivity index (χ1v) is 26.1. The first-order valence-electron chi connectivity index (χ1n) is 21.3. The number of hydrogen-bond acceptors (Lipinski definition) is 6. The normalized spacial score (nSPS) is 23.5. The standard InChI is InChI=1S/C49H72O6Si2/c1-35(32-54-57(48(8,9)10,41-20-16-14-17-21-41)42-22-18-15-19-23-42)30-44(55-56(12,13)47(5,6)7)43-28-29-49(31-36(2)37(3)33-53-46(49)50)45(38(43)4)52-34-39-24-26-40(51-11)27-25-39/h14-27,35-37,44-45H,28-34H2,1-13H3/t35-,36-,37-,44-,45-,49+/m0/s1. The zero-order valence-corrected chi connectivity index (χ0v) is 39.4. The van der Waals surface area contributed by atoms with Crippen molar-refractivity contribution in [1.29, 1.82) is 0 Å². The van der Waals surface area contributed by atoms with Crippen LogP contribution in [0.15, 0.2) is 96.1 Å². The van der Waals surface area contributed by atoms with Crippen molar-refractivity contribution in [3.63, 3.8) is 0 Å². The fourth-order valence-corrected chi connectivity index (χ4v) is 14.9. The molecule has 0 bridgehead atoms. The summed E-state index contributed by atoms with van der Waals surface area (Å²) in [4.78, 5) is 14.3. The number of rotatable bonds is 14. The molecule has 0 N–H and O–H groups in total. The summed E-state index contributed by atoms with van der Waals surface area (Å²) in [7, 11) is -3.30. The van der Waals surface area contributed by atoms with Crippen LogP contribution in [0.3, 0.4) is 0 Å². The molecule has 0 aromatic heterocycles. The van der Waals surface area contributed by atoms with Gasteiger partial charge >= 0.3 is 5.97 Å². The molecule has 1 aliphatic carbocycles. The number of carbonyl (C=O) groups excluding carboxylic acids is 1. The largest absolute Gasteiger partial charge is 0.497 e. The second kappa shape index (κ2) is 18.1. The average molecular weight is 813 g/mol. The van der Waals surface area contributed by atoms with E-state index in [1.54, 1.807) is 7.11 Å². The first kappa shape index (κ1) is 45.1. The Kier molecular flexibility index (Phi) is 14.3. The van der Waals surface area contributed by atoms with Crippen LogP contribution in [0.1, 0.15) is 100 Å². The number of esters is 1. The second-order valence-electron chi connectivity index (χ2n) is 19.8. The molecule has 1 heterocycles. The summed E-state index contributed by atoms with van der Waals surface area (Å²) in [5.74, 6) is 1.48. The fourth-order valence-electron chi connectivity index (χ4n) is 8.92. The van der Waals surface area contributed by atoms with Gasteiger partial charge in [0.2, 0.25) is 0 Å². The summed E-state index contributed by atoms with van der Waals surface area (Å²) >= 11 is 0. The first-order chi connectivity index (χ1) is 26.8. The van der Waals surface area contributed by atoms with E-state index < -0.39 is 28.2 Å². The molecule has 1 spiro atoms. The molecule has 3 aromatic rings. The molecule has 1 aliphatic heterocycles. The Labute approximate surface area is 347 Å². The third-order valence-electron chi connectivity index (χ3n) is 13.6. The quantitative estimate of drug-likeness (QED) is 0.0918. The SMILES string of the molecule is COc1ccc(CO[C@H]2C(C)=C([C@H](C[C@H](C)CO[Si](c3ccccc3)(c3ccccc3)C(C)(C)C)O[Si](C)(C)C(C)(C)C)CC[C@@]23C[C@H](C)[C@@H](C)COC3=O)cc1. The highest BCUT2D eigenvalue weighted by Gasteiger charge is 2.55. The van der Waals surface area contributed by atoms with Crippen LogP contribution in [-0.4, -0.2) is 55.1 Å². The maximum absolute atomic E-state index is 14.3. The van der Waals surface area contributed by atoms with Gasteiger partial charge in [0.05, 0.1) is 37.9 Å². The lowest BCUT2D eigenvalue weighted by atomic mass is 9.64. The van der Waals surface area contributed by atoms with E-state index in [1.165, 1.54) is 15.9 Å². The highest BCUT2D eigenvalue weighted by molar-refractivity contribution is 6.99. The number of methoxy groups -OCH3 is 1. The Morgan fingerprint density at radius 3 is 1.95 bits per heavy atom. The van der Waals surface area contributed by atoms with Gasteiger partial charge in [-0.15, -0.1) is 0 Å². The Hall–Kier alpha value is -3.02. The minimum Gasteiger partial charge on any atom is -0.497 e. The van der Waals surface area contributed by atoms with Crippen LogP contribution in [0.2, 0.25) is 23.2 Å². The zero-order valence-electron chi connectivity index (χ0n) is 37.4. The predicted octanol–water partition coefficient (Wildman–Crippen LogP) is 10.9. The van der Waals surface area contributed by atoms with E-state index in [0.29, 0.717) is 32.2 Å². The van der Waals surface area contributed by atoms with Crippen LogP contribution in [0.25, 0.3) is 0 Å². The summed E-state index contributed by atoms with van der Waals surface area (Å²) in [6.45, 7) is 29.1. The van der Waals surface area contributed by atoms with Crippen molar-refractivity contribution < 1.29 is 27.9 Å². The molecule has 57 heavy (non-hydrogen) atoms. The molecule has 6 nitrogen and oxygen atoms in total. The maximum atomic E-state index is 14.3. The fraction of sp³-hybridized carbons (Fsp3) is 0.571. The van der Waals surface area contributed by atoms with Gasteiger partial charge in [0.15, 0.2) is 8.32 Å². The molecule has 0 unspecified atom stereocenters. The van der Waals surface area contributed by atoms with Crippen LogP contribution in [0, 0.1) is 23.2 Å². The van der Waals surface area contributed by atoms with E-state index in [2.05, 4.69) is 143 Å². The summed E-state index contributed by atoms with van der Waals surface area (Å²) in [5.41, 5.74) is 2.68. The third kappa shape index (κ3) is 9.73. The molecule has 1 saturated heterocycles. The van der Waals surface area contributed by atoms with Crippen LogP contribution in [0.4, 0.5) is 0 Å². The van der Waals surface area contributed by atoms with Gasteiger partial charge in [-0.25, -0.2) is 0 Å². The van der Waals surface area contributed by atoms with Crippen molar-refractivity contribution in [2.24, 2.45) is 23.2 Å². The van der Waals surface area contributed by atoms with Crippen molar-refractivity contribution in [1.82, 2.24) is 0 Å². The molecule has 0 radical (unpaired) electrons. The highest BCUT2D eigenvalue weighted by Crippen LogP contribution is 2.51. The number of cyclic esters (lactones) is 1. The van der Waals surface area contributed by atoms with Gasteiger partial charge < -0.3 is 23.1 Å². The predicted molar refractivity (Wildman–Crippen MR) is 239 cm³/mol. The van der Waals surface area contributed by atoms with Crippen molar-refractivity contribution in [2.45, 2.75) is 137 Å². The van der Waals surface area contributed by atoms with E-state index in [9.17, 15) is 4.79 Å². The molecule has 0 amide bonds. The molecule has 2 aliphatic rings. The molecule has 0 saturated carbocycles. The molecule has 3 aromatic carbocycles. The lowest BCUT2D eigenvalue weighted by Crippen LogP contribution is -2.66. The topological polar surface area (TPSA) is 63.2 Å². The average Bonchev–Trinajstić information content (AvgIpc) is 3.26. The number of benzene rings is 3. The van der Waals surface area contributed by atoms with Crippen molar-refractivity contribution in [3.05, 3.63) is 102 Å². The monoisotopic (exact) mass is 812 g/mol. The lowest BCUT2D eigenvalue weighted by molar-refractivity contribution is -0.166. The second-order valence-corrected chi connectivity index (χ2v) is 28.9. The van der Waals surface area contributed by atoms with Crippen LogP contribution >= 0.6 is 0 Å². The molecular weight excluding hydrogens is 741 g/mol. The third-order valence-corrected chi connectivity index (χ3v) is 23.1. The Morgan fingerprint density at radius 1 is 0.842 bits per heavy atom. The van der Waals surface area contributed by atoms with Crippen LogP contribution in [-0.2, 0) is 29.7 Å². The van der Waals surface area contributed by atoms with E-state index in [4.69, 9.17) is 23.1 Å². The van der Waals surface area contributed by atoms with Crippen LogP contribution in [0.5, 0.6) is 5.75 Å². The van der Waals surface area contributed by atoms with E-state index in [0.717, 1.165) is 36.1 Å². The summed E-state index contributed by atoms with van der Waals surface area (Å²) in [6, 6.07) is 29.8. The zero-order chi connectivity index (χ0) is 41.8. The molecule has 1 fully saturated rings.